The number of benzene rings is 2. The van der Waals surface area contributed by atoms with Crippen LogP contribution in [0, 0.1) is 13.8 Å². The first kappa shape index (κ1) is 16.5. The summed E-state index contributed by atoms with van der Waals surface area (Å²) in [6.07, 6.45) is 0. The molecular formula is C17H15ClN2O3S. The number of amides is 1. The molecule has 0 radical (unpaired) electrons. The van der Waals surface area contributed by atoms with Crippen LogP contribution in [-0.4, -0.2) is 19.3 Å². The number of aromatic nitrogens is 1. The number of carbonyl (C=O) groups excluding carboxylic acids is 1. The van der Waals surface area contributed by atoms with E-state index in [1.54, 1.807) is 31.2 Å². The zero-order chi connectivity index (χ0) is 17.6. The molecule has 3 N–H and O–H groups in total. The van der Waals surface area contributed by atoms with Gasteiger partial charge in [0.05, 0.1) is 4.90 Å². The molecule has 0 spiro atoms. The molecule has 0 bridgehead atoms. The van der Waals surface area contributed by atoms with Crippen molar-refractivity contribution in [2.24, 2.45) is 5.73 Å². The van der Waals surface area contributed by atoms with Crippen LogP contribution < -0.4 is 5.73 Å². The molecule has 0 saturated heterocycles. The van der Waals surface area contributed by atoms with Crippen molar-refractivity contribution >= 4 is 38.2 Å². The van der Waals surface area contributed by atoms with E-state index in [1.807, 2.05) is 6.92 Å². The Morgan fingerprint density at radius 3 is 2.46 bits per heavy atom. The van der Waals surface area contributed by atoms with Gasteiger partial charge in [0.1, 0.15) is 10.6 Å². The van der Waals surface area contributed by atoms with Gasteiger partial charge in [0, 0.05) is 15.9 Å². The lowest BCUT2D eigenvalue weighted by Crippen LogP contribution is -2.16. The quantitative estimate of drug-likeness (QED) is 0.748. The number of primary amides is 1. The fourth-order valence-electron chi connectivity index (χ4n) is 2.80. The first-order valence-electron chi connectivity index (χ1n) is 7.15. The second-order valence-corrected chi connectivity index (χ2v) is 7.95. The molecule has 2 aromatic carbocycles. The Balaban J connectivity index is 2.40. The van der Waals surface area contributed by atoms with Crippen molar-refractivity contribution in [2.45, 2.75) is 23.6 Å². The van der Waals surface area contributed by atoms with E-state index in [4.69, 9.17) is 17.3 Å². The molecule has 1 aromatic heterocycles. The normalized spacial score (nSPS) is 11.8. The molecule has 124 valence electrons. The van der Waals surface area contributed by atoms with Gasteiger partial charge in [-0.05, 0) is 43.7 Å². The Labute approximate surface area is 144 Å². The molecule has 0 aliphatic heterocycles. The number of aromatic amines is 1. The minimum atomic E-state index is -3.95. The van der Waals surface area contributed by atoms with Gasteiger partial charge in [-0.2, -0.15) is 0 Å². The monoisotopic (exact) mass is 362 g/mol. The van der Waals surface area contributed by atoms with Gasteiger partial charge < -0.3 is 10.7 Å². The van der Waals surface area contributed by atoms with Crippen molar-refractivity contribution in [2.75, 3.05) is 0 Å². The molecule has 0 aliphatic carbocycles. The number of H-pyrrole nitrogens is 1. The summed E-state index contributed by atoms with van der Waals surface area (Å²) in [4.78, 5) is 14.6. The second-order valence-electron chi connectivity index (χ2n) is 5.66. The van der Waals surface area contributed by atoms with Crippen molar-refractivity contribution in [3.63, 3.8) is 0 Å². The van der Waals surface area contributed by atoms with Crippen LogP contribution in [0.3, 0.4) is 0 Å². The van der Waals surface area contributed by atoms with Gasteiger partial charge in [-0.1, -0.05) is 29.3 Å². The number of nitrogens with one attached hydrogen (secondary N) is 1. The molecule has 0 fully saturated rings. The Morgan fingerprint density at radius 2 is 1.83 bits per heavy atom. The standard InChI is InChI=1S/C17H15ClN2O3S/c1-9-3-6-14(10(2)7-9)24(22,23)16-12-8-11(18)4-5-13(12)20-15(16)17(19)21/h3-8,20H,1-2H3,(H2,19,21). The Bertz CT molecular complexity index is 1080. The summed E-state index contributed by atoms with van der Waals surface area (Å²) in [5.41, 5.74) is 7.27. The molecule has 0 saturated carbocycles. The fraction of sp³-hybridized carbons (Fsp3) is 0.118. The summed E-state index contributed by atoms with van der Waals surface area (Å²) in [7, 11) is -3.95. The van der Waals surface area contributed by atoms with Crippen molar-refractivity contribution < 1.29 is 13.2 Å². The Kier molecular flexibility index (Phi) is 3.89. The highest BCUT2D eigenvalue weighted by atomic mass is 35.5. The topological polar surface area (TPSA) is 93.0 Å². The third-order valence-electron chi connectivity index (χ3n) is 3.85. The van der Waals surface area contributed by atoms with Crippen molar-refractivity contribution in [1.29, 1.82) is 0 Å². The van der Waals surface area contributed by atoms with E-state index in [0.29, 0.717) is 21.5 Å². The lowest BCUT2D eigenvalue weighted by Gasteiger charge is -2.09. The first-order valence-corrected chi connectivity index (χ1v) is 9.01. The van der Waals surface area contributed by atoms with Crippen LogP contribution in [0.1, 0.15) is 21.6 Å². The van der Waals surface area contributed by atoms with Crippen molar-refractivity contribution in [3.05, 3.63) is 58.2 Å². The van der Waals surface area contributed by atoms with E-state index in [2.05, 4.69) is 4.98 Å². The number of halogens is 1. The van der Waals surface area contributed by atoms with Crippen LogP contribution in [0.2, 0.25) is 5.02 Å². The number of sulfone groups is 1. The molecular weight excluding hydrogens is 348 g/mol. The average molecular weight is 363 g/mol. The zero-order valence-corrected chi connectivity index (χ0v) is 14.6. The highest BCUT2D eigenvalue weighted by molar-refractivity contribution is 7.91. The van der Waals surface area contributed by atoms with Gasteiger partial charge in [0.15, 0.2) is 0 Å². The van der Waals surface area contributed by atoms with Gasteiger partial charge in [0.2, 0.25) is 9.84 Å². The highest BCUT2D eigenvalue weighted by Crippen LogP contribution is 2.34. The van der Waals surface area contributed by atoms with Crippen LogP contribution in [0.4, 0.5) is 0 Å². The fourth-order valence-corrected chi connectivity index (χ4v) is 4.80. The number of aryl methyl sites for hydroxylation is 2. The SMILES string of the molecule is Cc1ccc(S(=O)(=O)c2c(C(N)=O)[nH]c3ccc(Cl)cc23)c(C)c1. The van der Waals surface area contributed by atoms with Gasteiger partial charge in [-0.25, -0.2) is 8.42 Å². The lowest BCUT2D eigenvalue weighted by atomic mass is 10.2. The third kappa shape index (κ3) is 2.57. The van der Waals surface area contributed by atoms with Gasteiger partial charge >= 0.3 is 0 Å². The summed E-state index contributed by atoms with van der Waals surface area (Å²) >= 11 is 6.00. The molecule has 1 heterocycles. The minimum absolute atomic E-state index is 0.136. The number of fused-ring (bicyclic) bond motifs is 1. The molecule has 24 heavy (non-hydrogen) atoms. The van der Waals surface area contributed by atoms with Gasteiger partial charge in [-0.15, -0.1) is 0 Å². The maximum absolute atomic E-state index is 13.2. The zero-order valence-electron chi connectivity index (χ0n) is 13.1. The largest absolute Gasteiger partial charge is 0.364 e. The molecule has 5 nitrogen and oxygen atoms in total. The van der Waals surface area contributed by atoms with Crippen molar-refractivity contribution in [1.82, 2.24) is 4.98 Å². The number of rotatable bonds is 3. The summed E-state index contributed by atoms with van der Waals surface area (Å²) in [5, 5.41) is 0.714. The number of nitrogens with two attached hydrogens (primary N) is 1. The van der Waals surface area contributed by atoms with Crippen LogP contribution >= 0.6 is 11.6 Å². The first-order chi connectivity index (χ1) is 11.2. The van der Waals surface area contributed by atoms with E-state index in [-0.39, 0.29) is 15.5 Å². The Hall–Kier alpha value is -2.31. The van der Waals surface area contributed by atoms with E-state index >= 15 is 0 Å². The summed E-state index contributed by atoms with van der Waals surface area (Å²) in [6, 6.07) is 9.76. The summed E-state index contributed by atoms with van der Waals surface area (Å²) < 4.78 is 26.4. The summed E-state index contributed by atoms with van der Waals surface area (Å²) in [5.74, 6) is -0.842. The van der Waals surface area contributed by atoms with Crippen LogP contribution in [0.25, 0.3) is 10.9 Å². The van der Waals surface area contributed by atoms with Crippen LogP contribution in [-0.2, 0) is 9.84 Å². The lowest BCUT2D eigenvalue weighted by molar-refractivity contribution is 0.0993. The second kappa shape index (κ2) is 5.65. The van der Waals surface area contributed by atoms with E-state index in [0.717, 1.165) is 5.56 Å². The molecule has 0 atom stereocenters. The third-order valence-corrected chi connectivity index (χ3v) is 6.08. The minimum Gasteiger partial charge on any atom is -0.364 e. The maximum atomic E-state index is 13.2. The van der Waals surface area contributed by atoms with E-state index in [9.17, 15) is 13.2 Å². The van der Waals surface area contributed by atoms with Crippen molar-refractivity contribution in [3.8, 4) is 0 Å². The predicted molar refractivity (Wildman–Crippen MR) is 93.2 cm³/mol. The Morgan fingerprint density at radius 1 is 1.12 bits per heavy atom. The number of hydrogen-bond acceptors (Lipinski definition) is 3. The molecule has 3 aromatic rings. The van der Waals surface area contributed by atoms with Gasteiger partial charge in [-0.3, -0.25) is 4.79 Å². The predicted octanol–water partition coefficient (Wildman–Crippen LogP) is 3.37. The van der Waals surface area contributed by atoms with Crippen LogP contribution in [0.15, 0.2) is 46.2 Å². The maximum Gasteiger partial charge on any atom is 0.266 e. The molecule has 0 aliphatic rings. The average Bonchev–Trinajstić information content (AvgIpc) is 2.86. The smallest absolute Gasteiger partial charge is 0.266 e. The van der Waals surface area contributed by atoms with E-state index in [1.165, 1.54) is 12.1 Å². The van der Waals surface area contributed by atoms with Gasteiger partial charge in [0.25, 0.3) is 5.91 Å². The number of hydrogen-bond donors (Lipinski definition) is 2. The number of carbonyl (C=O) groups is 1. The highest BCUT2D eigenvalue weighted by Gasteiger charge is 2.29. The molecule has 0 unspecified atom stereocenters. The van der Waals surface area contributed by atoms with E-state index < -0.39 is 15.7 Å². The summed E-state index contributed by atoms with van der Waals surface area (Å²) in [6.45, 7) is 3.59. The molecule has 1 amide bonds. The molecule has 7 heteroatoms. The van der Waals surface area contributed by atoms with Crippen LogP contribution in [0.5, 0.6) is 0 Å². The molecule has 3 rings (SSSR count).